The molecule has 2 aromatic rings. The zero-order valence-electron chi connectivity index (χ0n) is 14.1. The first-order valence-corrected chi connectivity index (χ1v) is 8.18. The molecule has 0 radical (unpaired) electrons. The van der Waals surface area contributed by atoms with Gasteiger partial charge in [0, 0.05) is 18.5 Å². The van der Waals surface area contributed by atoms with Crippen LogP contribution in [0, 0.1) is 0 Å². The van der Waals surface area contributed by atoms with E-state index in [4.69, 9.17) is 20.3 Å². The van der Waals surface area contributed by atoms with Crippen LogP contribution >= 0.6 is 0 Å². The van der Waals surface area contributed by atoms with Crippen LogP contribution in [0.25, 0.3) is 0 Å². The van der Waals surface area contributed by atoms with Crippen LogP contribution in [0.15, 0.2) is 53.6 Å². The van der Waals surface area contributed by atoms with Crippen molar-refractivity contribution in [2.24, 2.45) is 10.8 Å². The first kappa shape index (κ1) is 16.3. The van der Waals surface area contributed by atoms with E-state index < -0.39 is 0 Å². The Morgan fingerprint density at radius 1 is 1.17 bits per heavy atom. The van der Waals surface area contributed by atoms with E-state index in [0.29, 0.717) is 13.2 Å². The predicted octanol–water partition coefficient (Wildman–Crippen LogP) is 3.36. The summed E-state index contributed by atoms with van der Waals surface area (Å²) in [5, 5.41) is 6.74. The number of hydrazone groups is 1. The maximum Gasteiger partial charge on any atom is 0.124 e. The number of nitrogens with two attached hydrogens (primary N) is 1. The summed E-state index contributed by atoms with van der Waals surface area (Å²) in [4.78, 5) is 0. The van der Waals surface area contributed by atoms with E-state index >= 15 is 0 Å². The summed E-state index contributed by atoms with van der Waals surface area (Å²) in [7, 11) is 1.69. The van der Waals surface area contributed by atoms with Crippen LogP contribution in [0.4, 0.5) is 5.69 Å². The molecule has 0 bridgehead atoms. The van der Waals surface area contributed by atoms with Gasteiger partial charge in [-0.05, 0) is 37.3 Å². The lowest BCUT2D eigenvalue weighted by Crippen LogP contribution is -2.19. The summed E-state index contributed by atoms with van der Waals surface area (Å²) in [6.07, 6.45) is 0.796. The smallest absolute Gasteiger partial charge is 0.124 e. The molecule has 0 amide bonds. The lowest BCUT2D eigenvalue weighted by Gasteiger charge is -2.25. The molecule has 5 nitrogen and oxygen atoms in total. The molecular weight excluding hydrogens is 302 g/mol. The van der Waals surface area contributed by atoms with Crippen molar-refractivity contribution in [3.05, 3.63) is 54.1 Å². The van der Waals surface area contributed by atoms with E-state index in [1.165, 1.54) is 0 Å². The van der Waals surface area contributed by atoms with Gasteiger partial charge < -0.3 is 15.2 Å². The van der Waals surface area contributed by atoms with Crippen molar-refractivity contribution in [3.8, 4) is 11.5 Å². The third kappa shape index (κ3) is 3.21. The number of hydrogen-bond acceptors (Lipinski definition) is 5. The molecule has 0 fully saturated rings. The van der Waals surface area contributed by atoms with Crippen LogP contribution in [0.1, 0.15) is 24.9 Å². The molecule has 2 aromatic carbocycles. The monoisotopic (exact) mass is 325 g/mol. The Hall–Kier alpha value is -2.53. The van der Waals surface area contributed by atoms with Gasteiger partial charge in [0.05, 0.1) is 31.2 Å². The molecule has 0 saturated heterocycles. The second-order valence-corrected chi connectivity index (χ2v) is 5.60. The molecule has 1 unspecified atom stereocenters. The van der Waals surface area contributed by atoms with Gasteiger partial charge in [0.2, 0.25) is 0 Å². The van der Waals surface area contributed by atoms with E-state index in [2.05, 4.69) is 6.07 Å². The van der Waals surface area contributed by atoms with Crippen molar-refractivity contribution >= 4 is 11.4 Å². The van der Waals surface area contributed by atoms with Crippen LogP contribution in [-0.4, -0.2) is 26.0 Å². The zero-order chi connectivity index (χ0) is 16.9. The summed E-state index contributed by atoms with van der Waals surface area (Å²) in [6, 6.07) is 16.1. The molecule has 24 heavy (non-hydrogen) atoms. The maximum atomic E-state index is 5.84. The molecule has 0 aromatic heterocycles. The molecule has 1 aliphatic heterocycles. The van der Waals surface area contributed by atoms with Crippen LogP contribution in [0.3, 0.4) is 0 Å². The Morgan fingerprint density at radius 2 is 1.92 bits per heavy atom. The molecule has 2 N–H and O–H groups in total. The number of ether oxygens (including phenoxy) is 2. The van der Waals surface area contributed by atoms with E-state index in [9.17, 15) is 0 Å². The third-order valence-electron chi connectivity index (χ3n) is 4.12. The van der Waals surface area contributed by atoms with Gasteiger partial charge >= 0.3 is 0 Å². The van der Waals surface area contributed by atoms with Crippen molar-refractivity contribution in [2.75, 3.05) is 25.3 Å². The Labute approximate surface area is 142 Å². The van der Waals surface area contributed by atoms with Crippen LogP contribution in [-0.2, 0) is 0 Å². The van der Waals surface area contributed by atoms with Crippen molar-refractivity contribution in [2.45, 2.75) is 19.4 Å². The van der Waals surface area contributed by atoms with Gasteiger partial charge in [0.15, 0.2) is 0 Å². The summed E-state index contributed by atoms with van der Waals surface area (Å²) in [5.41, 5.74) is 8.95. The van der Waals surface area contributed by atoms with Gasteiger partial charge in [0.25, 0.3) is 0 Å². The Bertz CT molecular complexity index is 713. The number of anilines is 1. The zero-order valence-corrected chi connectivity index (χ0v) is 14.1. The summed E-state index contributed by atoms with van der Waals surface area (Å²) in [6.45, 7) is 3.09. The third-order valence-corrected chi connectivity index (χ3v) is 4.12. The minimum atomic E-state index is 0.0812. The van der Waals surface area contributed by atoms with Gasteiger partial charge in [-0.2, -0.15) is 5.10 Å². The molecule has 0 spiro atoms. The lowest BCUT2D eigenvalue weighted by molar-refractivity contribution is 0.340. The highest BCUT2D eigenvalue weighted by Crippen LogP contribution is 2.39. The highest BCUT2D eigenvalue weighted by Gasteiger charge is 2.30. The molecule has 5 heteroatoms. The molecule has 126 valence electrons. The average molecular weight is 325 g/mol. The van der Waals surface area contributed by atoms with Crippen LogP contribution in [0.2, 0.25) is 0 Å². The van der Waals surface area contributed by atoms with Crippen LogP contribution in [0.5, 0.6) is 11.5 Å². The molecule has 0 aliphatic carbocycles. The van der Waals surface area contributed by atoms with Crippen molar-refractivity contribution in [3.63, 3.8) is 0 Å². The quantitative estimate of drug-likeness (QED) is 0.885. The van der Waals surface area contributed by atoms with Gasteiger partial charge in [-0.25, -0.2) is 0 Å². The molecule has 1 atom stereocenters. The summed E-state index contributed by atoms with van der Waals surface area (Å²) < 4.78 is 11.1. The number of para-hydroxylation sites is 1. The fraction of sp³-hybridized carbons (Fsp3) is 0.316. The first-order chi connectivity index (χ1) is 11.8. The SMILES string of the molecule is CCOc1ccc(N2N=C(CN)CC2c2ccccc2OC)cc1. The van der Waals surface area contributed by atoms with Gasteiger partial charge in [-0.15, -0.1) is 0 Å². The molecular formula is C19H23N3O2. The summed E-state index contributed by atoms with van der Waals surface area (Å²) >= 11 is 0. The Balaban J connectivity index is 1.94. The molecule has 3 rings (SSSR count). The normalized spacial score (nSPS) is 16.9. The standard InChI is InChI=1S/C19H23N3O2/c1-3-24-16-10-8-15(9-11-16)22-18(12-14(13-20)21-22)17-6-4-5-7-19(17)23-2/h4-11,18H,3,12-13,20H2,1-2H3. The second kappa shape index (κ2) is 7.36. The van der Waals surface area contributed by atoms with Gasteiger partial charge in [-0.3, -0.25) is 5.01 Å². The first-order valence-electron chi connectivity index (χ1n) is 8.18. The van der Waals surface area contributed by atoms with E-state index in [1.54, 1.807) is 7.11 Å². The Kier molecular flexibility index (Phi) is 5.01. The largest absolute Gasteiger partial charge is 0.496 e. The average Bonchev–Trinajstić information content (AvgIpc) is 3.07. The number of methoxy groups -OCH3 is 1. The van der Waals surface area contributed by atoms with Gasteiger partial charge in [-0.1, -0.05) is 18.2 Å². The highest BCUT2D eigenvalue weighted by atomic mass is 16.5. The lowest BCUT2D eigenvalue weighted by atomic mass is 10.0. The van der Waals surface area contributed by atoms with E-state index in [-0.39, 0.29) is 6.04 Å². The molecule has 0 saturated carbocycles. The fourth-order valence-corrected chi connectivity index (χ4v) is 2.98. The Morgan fingerprint density at radius 3 is 2.58 bits per heavy atom. The topological polar surface area (TPSA) is 60.1 Å². The van der Waals surface area contributed by atoms with E-state index in [1.807, 2.05) is 54.4 Å². The highest BCUT2D eigenvalue weighted by molar-refractivity contribution is 5.90. The van der Waals surface area contributed by atoms with E-state index in [0.717, 1.165) is 34.9 Å². The minimum absolute atomic E-state index is 0.0812. The predicted molar refractivity (Wildman–Crippen MR) is 96.9 cm³/mol. The fourth-order valence-electron chi connectivity index (χ4n) is 2.98. The van der Waals surface area contributed by atoms with Crippen molar-refractivity contribution < 1.29 is 9.47 Å². The number of rotatable bonds is 6. The number of nitrogens with zero attached hydrogens (tertiary/aromatic N) is 2. The maximum absolute atomic E-state index is 5.84. The van der Waals surface area contributed by atoms with Crippen molar-refractivity contribution in [1.29, 1.82) is 0 Å². The molecule has 1 aliphatic rings. The molecule has 1 heterocycles. The number of benzene rings is 2. The van der Waals surface area contributed by atoms with Crippen molar-refractivity contribution in [1.82, 2.24) is 0 Å². The number of hydrogen-bond donors (Lipinski definition) is 1. The van der Waals surface area contributed by atoms with Gasteiger partial charge in [0.1, 0.15) is 11.5 Å². The summed E-state index contributed by atoms with van der Waals surface area (Å²) in [5.74, 6) is 1.73. The second-order valence-electron chi connectivity index (χ2n) is 5.60. The van der Waals surface area contributed by atoms with Crippen LogP contribution < -0.4 is 20.2 Å². The minimum Gasteiger partial charge on any atom is -0.496 e.